The zero-order valence-corrected chi connectivity index (χ0v) is 15.7. The molecule has 3 aromatic carbocycles. The maximum Gasteiger partial charge on any atom is 0.277 e. The molecule has 0 aromatic heterocycles. The van der Waals surface area contributed by atoms with Crippen molar-refractivity contribution >= 4 is 22.9 Å². The molecule has 0 saturated heterocycles. The van der Waals surface area contributed by atoms with Gasteiger partial charge in [-0.2, -0.15) is 5.10 Å². The van der Waals surface area contributed by atoms with Gasteiger partial charge in [0.15, 0.2) is 6.61 Å². The molecule has 4 nitrogen and oxygen atoms in total. The number of benzene rings is 3. The van der Waals surface area contributed by atoms with Gasteiger partial charge in [-0.25, -0.2) is 5.43 Å². The molecule has 0 spiro atoms. The molecule has 138 valence electrons. The van der Waals surface area contributed by atoms with Crippen LogP contribution in [0.1, 0.15) is 37.3 Å². The van der Waals surface area contributed by atoms with E-state index in [-0.39, 0.29) is 12.5 Å². The number of ether oxygens (including phenoxy) is 1. The Balaban J connectivity index is 1.53. The molecule has 3 aromatic rings. The van der Waals surface area contributed by atoms with Crippen molar-refractivity contribution in [1.82, 2.24) is 5.43 Å². The molecule has 1 unspecified atom stereocenters. The van der Waals surface area contributed by atoms with Crippen molar-refractivity contribution in [2.45, 2.75) is 26.2 Å². The Morgan fingerprint density at radius 1 is 1.07 bits per heavy atom. The zero-order chi connectivity index (χ0) is 19.1. The van der Waals surface area contributed by atoms with Gasteiger partial charge in [-0.1, -0.05) is 68.4 Å². The van der Waals surface area contributed by atoms with Crippen LogP contribution >= 0.6 is 0 Å². The van der Waals surface area contributed by atoms with E-state index in [1.807, 2.05) is 66.7 Å². The Kier molecular flexibility index (Phi) is 6.21. The van der Waals surface area contributed by atoms with E-state index in [1.54, 1.807) is 6.21 Å². The molecule has 0 heterocycles. The first-order valence-electron chi connectivity index (χ1n) is 9.20. The summed E-state index contributed by atoms with van der Waals surface area (Å²) in [6, 6.07) is 21.9. The van der Waals surface area contributed by atoms with Crippen molar-refractivity contribution in [3.05, 3.63) is 77.9 Å². The minimum atomic E-state index is -0.294. The predicted octanol–water partition coefficient (Wildman–Crippen LogP) is 4.88. The lowest BCUT2D eigenvalue weighted by molar-refractivity contribution is -0.123. The SMILES string of the molecule is CCC(C)c1ccc(OCC(=O)NN=Cc2cccc3ccccc23)cc1. The topological polar surface area (TPSA) is 50.7 Å². The average molecular weight is 360 g/mol. The smallest absolute Gasteiger partial charge is 0.277 e. The first-order chi connectivity index (χ1) is 13.2. The van der Waals surface area contributed by atoms with E-state index in [1.165, 1.54) is 5.56 Å². The Labute approximate surface area is 159 Å². The Morgan fingerprint density at radius 3 is 2.59 bits per heavy atom. The third-order valence-electron chi connectivity index (χ3n) is 4.65. The molecule has 1 atom stereocenters. The second kappa shape index (κ2) is 8.99. The zero-order valence-electron chi connectivity index (χ0n) is 15.7. The number of hydrazone groups is 1. The number of fused-ring (bicyclic) bond motifs is 1. The van der Waals surface area contributed by atoms with Crippen LogP contribution < -0.4 is 10.2 Å². The fourth-order valence-corrected chi connectivity index (χ4v) is 2.85. The highest BCUT2D eigenvalue weighted by Crippen LogP contribution is 2.21. The second-order valence-corrected chi connectivity index (χ2v) is 6.53. The highest BCUT2D eigenvalue weighted by atomic mass is 16.5. The maximum absolute atomic E-state index is 11.9. The monoisotopic (exact) mass is 360 g/mol. The third kappa shape index (κ3) is 4.94. The van der Waals surface area contributed by atoms with Crippen molar-refractivity contribution in [3.63, 3.8) is 0 Å². The molecule has 1 amide bonds. The largest absolute Gasteiger partial charge is 0.484 e. The molecule has 27 heavy (non-hydrogen) atoms. The number of amides is 1. The van der Waals surface area contributed by atoms with Gasteiger partial charge in [-0.05, 0) is 40.8 Å². The average Bonchev–Trinajstić information content (AvgIpc) is 2.72. The van der Waals surface area contributed by atoms with Crippen LogP contribution in [-0.2, 0) is 4.79 Å². The van der Waals surface area contributed by atoms with Gasteiger partial charge < -0.3 is 4.74 Å². The first-order valence-corrected chi connectivity index (χ1v) is 9.20. The Hall–Kier alpha value is -3.14. The van der Waals surface area contributed by atoms with Gasteiger partial charge in [-0.15, -0.1) is 0 Å². The molecule has 1 N–H and O–H groups in total. The van der Waals surface area contributed by atoms with E-state index in [2.05, 4.69) is 24.4 Å². The van der Waals surface area contributed by atoms with Crippen LogP contribution in [-0.4, -0.2) is 18.7 Å². The summed E-state index contributed by atoms with van der Waals surface area (Å²) in [7, 11) is 0. The van der Waals surface area contributed by atoms with Crippen molar-refractivity contribution in [1.29, 1.82) is 0 Å². The summed E-state index contributed by atoms with van der Waals surface area (Å²) in [6.45, 7) is 4.28. The van der Waals surface area contributed by atoms with Crippen LogP contribution in [0, 0.1) is 0 Å². The van der Waals surface area contributed by atoms with E-state index in [9.17, 15) is 4.79 Å². The van der Waals surface area contributed by atoms with Gasteiger partial charge in [-0.3, -0.25) is 4.79 Å². The fraction of sp³-hybridized carbons (Fsp3) is 0.217. The van der Waals surface area contributed by atoms with Gasteiger partial charge in [0.05, 0.1) is 6.21 Å². The van der Waals surface area contributed by atoms with E-state index < -0.39 is 0 Å². The van der Waals surface area contributed by atoms with Crippen LogP contribution in [0.25, 0.3) is 10.8 Å². The molecule has 0 aliphatic heterocycles. The number of hydrogen-bond acceptors (Lipinski definition) is 3. The van der Waals surface area contributed by atoms with Crippen LogP contribution in [0.15, 0.2) is 71.8 Å². The third-order valence-corrected chi connectivity index (χ3v) is 4.65. The number of carbonyl (C=O) groups excluding carboxylic acids is 1. The van der Waals surface area contributed by atoms with Crippen molar-refractivity contribution in [2.24, 2.45) is 5.10 Å². The van der Waals surface area contributed by atoms with Crippen molar-refractivity contribution < 1.29 is 9.53 Å². The normalized spacial score (nSPS) is 12.2. The van der Waals surface area contributed by atoms with Crippen LogP contribution in [0.2, 0.25) is 0 Å². The molecule has 0 radical (unpaired) electrons. The Morgan fingerprint density at radius 2 is 1.81 bits per heavy atom. The highest BCUT2D eigenvalue weighted by molar-refractivity contribution is 5.99. The molecule has 4 heteroatoms. The summed E-state index contributed by atoms with van der Waals surface area (Å²) in [5.74, 6) is 0.901. The summed E-state index contributed by atoms with van der Waals surface area (Å²) in [5.41, 5.74) is 4.74. The highest BCUT2D eigenvalue weighted by Gasteiger charge is 2.05. The standard InChI is InChI=1S/C23H24N2O2/c1-3-17(2)18-11-13-21(14-12-18)27-16-23(26)25-24-15-20-9-6-8-19-7-4-5-10-22(19)20/h4-15,17H,3,16H2,1-2H3,(H,25,26). The summed E-state index contributed by atoms with van der Waals surface area (Å²) in [4.78, 5) is 11.9. The summed E-state index contributed by atoms with van der Waals surface area (Å²) >= 11 is 0. The lowest BCUT2D eigenvalue weighted by Gasteiger charge is -2.10. The minimum Gasteiger partial charge on any atom is -0.484 e. The molecule has 0 fully saturated rings. The molecule has 3 rings (SSSR count). The van der Waals surface area contributed by atoms with E-state index in [4.69, 9.17) is 4.74 Å². The molecule has 0 bridgehead atoms. The summed E-state index contributed by atoms with van der Waals surface area (Å²) in [6.07, 6.45) is 2.75. The minimum absolute atomic E-state index is 0.0739. The van der Waals surface area contributed by atoms with Crippen molar-refractivity contribution in [2.75, 3.05) is 6.61 Å². The van der Waals surface area contributed by atoms with Gasteiger partial charge >= 0.3 is 0 Å². The van der Waals surface area contributed by atoms with Gasteiger partial charge in [0, 0.05) is 5.56 Å². The number of carbonyl (C=O) groups is 1. The number of nitrogens with one attached hydrogen (secondary N) is 1. The quantitative estimate of drug-likeness (QED) is 0.482. The summed E-state index contributed by atoms with van der Waals surface area (Å²) < 4.78 is 5.52. The molecule has 0 aliphatic rings. The summed E-state index contributed by atoms with van der Waals surface area (Å²) in [5, 5.41) is 6.28. The second-order valence-electron chi connectivity index (χ2n) is 6.53. The number of rotatable bonds is 7. The lowest BCUT2D eigenvalue weighted by Crippen LogP contribution is -2.24. The van der Waals surface area contributed by atoms with E-state index >= 15 is 0 Å². The maximum atomic E-state index is 11.9. The van der Waals surface area contributed by atoms with Gasteiger partial charge in [0.25, 0.3) is 5.91 Å². The van der Waals surface area contributed by atoms with Gasteiger partial charge in [0.1, 0.15) is 5.75 Å². The van der Waals surface area contributed by atoms with E-state index in [0.717, 1.165) is 22.8 Å². The number of nitrogens with zero attached hydrogens (tertiary/aromatic N) is 1. The van der Waals surface area contributed by atoms with Crippen LogP contribution in [0.4, 0.5) is 0 Å². The molecular weight excluding hydrogens is 336 g/mol. The predicted molar refractivity (Wildman–Crippen MR) is 110 cm³/mol. The fourth-order valence-electron chi connectivity index (χ4n) is 2.85. The van der Waals surface area contributed by atoms with Gasteiger partial charge in [0.2, 0.25) is 0 Å². The molecular formula is C23H24N2O2. The Bertz CT molecular complexity index is 927. The number of hydrogen-bond donors (Lipinski definition) is 1. The van der Waals surface area contributed by atoms with Crippen LogP contribution in [0.5, 0.6) is 5.75 Å². The molecule has 0 aliphatic carbocycles. The van der Waals surface area contributed by atoms with Crippen molar-refractivity contribution in [3.8, 4) is 5.75 Å². The first kappa shape index (κ1) is 18.6. The van der Waals surface area contributed by atoms with Crippen LogP contribution in [0.3, 0.4) is 0 Å². The lowest BCUT2D eigenvalue weighted by atomic mass is 9.99. The van der Waals surface area contributed by atoms with E-state index in [0.29, 0.717) is 11.7 Å². The molecule has 0 saturated carbocycles.